The van der Waals surface area contributed by atoms with E-state index in [1.54, 1.807) is 15.8 Å². The number of carbonyl (C=O) groups is 2. The molecule has 1 N–H and O–H groups in total. The lowest BCUT2D eigenvalue weighted by atomic mass is 10.1. The number of aromatic amines is 1. The molecule has 0 spiro atoms. The Balaban J connectivity index is 1.61. The van der Waals surface area contributed by atoms with Crippen LogP contribution in [-0.2, 0) is 34.5 Å². The molecular formula is C21H23N5O3. The zero-order chi connectivity index (χ0) is 20.4. The molecule has 1 fully saturated rings. The standard InChI is InChI=1S/C21H23N5O3/c1-14-10-17(24-25(14)2)13-26(21(28)18-8-9-19(27)29-18)12-16-11-22-23-20(16)15-6-4-3-5-7-15/h3-7,10-11,18H,8-9,12-13H2,1-2H3,(H,22,23)/t18-/m1/s1. The van der Waals surface area contributed by atoms with Crippen molar-refractivity contribution >= 4 is 11.9 Å². The normalized spacial score (nSPS) is 16.1. The zero-order valence-electron chi connectivity index (χ0n) is 16.5. The molecule has 3 heterocycles. The van der Waals surface area contributed by atoms with Crippen LogP contribution in [0.25, 0.3) is 11.3 Å². The van der Waals surface area contributed by atoms with Gasteiger partial charge >= 0.3 is 5.97 Å². The third-order valence-electron chi connectivity index (χ3n) is 5.13. The largest absolute Gasteiger partial charge is 0.452 e. The Bertz CT molecular complexity index is 1000. The Morgan fingerprint density at radius 2 is 2.10 bits per heavy atom. The highest BCUT2D eigenvalue weighted by atomic mass is 16.6. The van der Waals surface area contributed by atoms with Gasteiger partial charge in [0.05, 0.1) is 24.1 Å². The van der Waals surface area contributed by atoms with Crippen molar-refractivity contribution in [3.8, 4) is 11.3 Å². The zero-order valence-corrected chi connectivity index (χ0v) is 16.5. The van der Waals surface area contributed by atoms with Crippen LogP contribution in [0.3, 0.4) is 0 Å². The van der Waals surface area contributed by atoms with E-state index in [0.29, 0.717) is 19.5 Å². The second-order valence-electron chi connectivity index (χ2n) is 7.25. The molecule has 0 radical (unpaired) electrons. The van der Waals surface area contributed by atoms with Crippen LogP contribution in [-0.4, -0.2) is 42.9 Å². The van der Waals surface area contributed by atoms with E-state index < -0.39 is 6.10 Å². The minimum atomic E-state index is -0.737. The van der Waals surface area contributed by atoms with Gasteiger partial charge in [0, 0.05) is 37.7 Å². The Kier molecular flexibility index (Phi) is 5.16. The number of aryl methyl sites for hydroxylation is 2. The number of nitrogens with zero attached hydrogens (tertiary/aromatic N) is 4. The van der Waals surface area contributed by atoms with Gasteiger partial charge in [0.1, 0.15) is 0 Å². The van der Waals surface area contributed by atoms with Crippen LogP contribution in [0.4, 0.5) is 0 Å². The molecule has 0 aliphatic carbocycles. The molecule has 8 nitrogen and oxygen atoms in total. The Labute approximate surface area is 168 Å². The van der Waals surface area contributed by atoms with Crippen molar-refractivity contribution in [3.05, 3.63) is 59.5 Å². The highest BCUT2D eigenvalue weighted by Gasteiger charge is 2.34. The van der Waals surface area contributed by atoms with Crippen molar-refractivity contribution in [1.82, 2.24) is 24.9 Å². The predicted molar refractivity (Wildman–Crippen MR) is 105 cm³/mol. The van der Waals surface area contributed by atoms with Gasteiger partial charge in [-0.1, -0.05) is 30.3 Å². The van der Waals surface area contributed by atoms with E-state index in [4.69, 9.17) is 4.74 Å². The van der Waals surface area contributed by atoms with Crippen LogP contribution in [0.5, 0.6) is 0 Å². The summed E-state index contributed by atoms with van der Waals surface area (Å²) in [5.74, 6) is -0.537. The maximum absolute atomic E-state index is 13.1. The number of H-pyrrole nitrogens is 1. The summed E-state index contributed by atoms with van der Waals surface area (Å²) in [6, 6.07) is 11.8. The molecule has 8 heteroatoms. The van der Waals surface area contributed by atoms with Gasteiger partial charge < -0.3 is 9.64 Å². The summed E-state index contributed by atoms with van der Waals surface area (Å²) < 4.78 is 7.00. The Morgan fingerprint density at radius 3 is 2.76 bits per heavy atom. The second-order valence-corrected chi connectivity index (χ2v) is 7.25. The number of cyclic esters (lactones) is 1. The molecule has 1 amide bonds. The lowest BCUT2D eigenvalue weighted by Crippen LogP contribution is -2.38. The van der Waals surface area contributed by atoms with E-state index >= 15 is 0 Å². The van der Waals surface area contributed by atoms with E-state index in [0.717, 1.165) is 28.2 Å². The first-order valence-corrected chi connectivity index (χ1v) is 9.56. The van der Waals surface area contributed by atoms with E-state index in [9.17, 15) is 9.59 Å². The first-order valence-electron chi connectivity index (χ1n) is 9.56. The van der Waals surface area contributed by atoms with Crippen LogP contribution in [0.1, 0.15) is 29.8 Å². The molecule has 4 rings (SSSR count). The van der Waals surface area contributed by atoms with Gasteiger partial charge in [0.2, 0.25) is 0 Å². The number of ether oxygens (including phenoxy) is 1. The summed E-state index contributed by atoms with van der Waals surface area (Å²) in [6.07, 6.45) is 1.67. The SMILES string of the molecule is Cc1cc(CN(Cc2cn[nH]c2-c2ccccc2)C(=O)[C@H]2CCC(=O)O2)nn1C. The van der Waals surface area contributed by atoms with Crippen LogP contribution >= 0.6 is 0 Å². The highest BCUT2D eigenvalue weighted by molar-refractivity contribution is 5.86. The van der Waals surface area contributed by atoms with Crippen molar-refractivity contribution in [2.75, 3.05) is 0 Å². The maximum Gasteiger partial charge on any atom is 0.306 e. The van der Waals surface area contributed by atoms with Crippen molar-refractivity contribution in [2.45, 2.75) is 39.0 Å². The fourth-order valence-electron chi connectivity index (χ4n) is 3.51. The van der Waals surface area contributed by atoms with Crippen molar-refractivity contribution in [2.24, 2.45) is 7.05 Å². The molecule has 0 bridgehead atoms. The van der Waals surface area contributed by atoms with Gasteiger partial charge in [0.25, 0.3) is 5.91 Å². The first-order chi connectivity index (χ1) is 14.0. The molecular weight excluding hydrogens is 370 g/mol. The number of amides is 1. The Morgan fingerprint density at radius 1 is 1.31 bits per heavy atom. The predicted octanol–water partition coefficient (Wildman–Crippen LogP) is 2.35. The molecule has 1 aliphatic heterocycles. The molecule has 1 aromatic carbocycles. The summed E-state index contributed by atoms with van der Waals surface area (Å²) in [4.78, 5) is 26.3. The second kappa shape index (κ2) is 7.90. The average molecular weight is 393 g/mol. The monoisotopic (exact) mass is 393 g/mol. The van der Waals surface area contributed by atoms with E-state index in [1.165, 1.54) is 0 Å². The lowest BCUT2D eigenvalue weighted by Gasteiger charge is -2.24. The molecule has 0 unspecified atom stereocenters. The van der Waals surface area contributed by atoms with Crippen molar-refractivity contribution < 1.29 is 14.3 Å². The summed E-state index contributed by atoms with van der Waals surface area (Å²) in [6.45, 7) is 2.63. The summed E-state index contributed by atoms with van der Waals surface area (Å²) >= 11 is 0. The molecule has 150 valence electrons. The number of hydrogen-bond donors (Lipinski definition) is 1. The van der Waals surface area contributed by atoms with Crippen molar-refractivity contribution in [1.29, 1.82) is 0 Å². The molecule has 1 atom stereocenters. The van der Waals surface area contributed by atoms with Crippen molar-refractivity contribution in [3.63, 3.8) is 0 Å². The van der Waals surface area contributed by atoms with Gasteiger partial charge in [-0.15, -0.1) is 0 Å². The smallest absolute Gasteiger partial charge is 0.306 e. The van der Waals surface area contributed by atoms with Crippen LogP contribution in [0, 0.1) is 6.92 Å². The number of hydrogen-bond acceptors (Lipinski definition) is 5. The van der Waals surface area contributed by atoms with Gasteiger partial charge in [-0.2, -0.15) is 10.2 Å². The molecule has 29 heavy (non-hydrogen) atoms. The third-order valence-corrected chi connectivity index (χ3v) is 5.13. The third kappa shape index (κ3) is 4.06. The fourth-order valence-corrected chi connectivity index (χ4v) is 3.51. The minimum absolute atomic E-state index is 0.209. The van der Waals surface area contributed by atoms with E-state index in [-0.39, 0.29) is 18.3 Å². The molecule has 1 saturated heterocycles. The molecule has 2 aromatic heterocycles. The minimum Gasteiger partial charge on any atom is -0.452 e. The van der Waals surface area contributed by atoms with Gasteiger partial charge in [-0.3, -0.25) is 19.4 Å². The van der Waals surface area contributed by atoms with Gasteiger partial charge in [-0.25, -0.2) is 0 Å². The van der Waals surface area contributed by atoms with Crippen LogP contribution in [0.15, 0.2) is 42.6 Å². The van der Waals surface area contributed by atoms with E-state index in [1.807, 2.05) is 50.4 Å². The van der Waals surface area contributed by atoms with Crippen LogP contribution < -0.4 is 0 Å². The highest BCUT2D eigenvalue weighted by Crippen LogP contribution is 2.24. The first kappa shape index (κ1) is 18.9. The number of rotatable bonds is 6. The van der Waals surface area contributed by atoms with Crippen LogP contribution in [0.2, 0.25) is 0 Å². The number of nitrogens with one attached hydrogen (secondary N) is 1. The van der Waals surface area contributed by atoms with Gasteiger partial charge in [0.15, 0.2) is 6.10 Å². The van der Waals surface area contributed by atoms with Gasteiger partial charge in [-0.05, 0) is 18.6 Å². The summed E-state index contributed by atoms with van der Waals surface area (Å²) in [7, 11) is 1.87. The number of esters is 1. The Hall–Kier alpha value is -3.42. The quantitative estimate of drug-likeness (QED) is 0.649. The summed E-state index contributed by atoms with van der Waals surface area (Å²) in [5.41, 5.74) is 4.54. The topological polar surface area (TPSA) is 93.1 Å². The maximum atomic E-state index is 13.1. The molecule has 3 aromatic rings. The number of aromatic nitrogens is 4. The molecule has 1 aliphatic rings. The average Bonchev–Trinajstić information content (AvgIpc) is 3.43. The van der Waals surface area contributed by atoms with E-state index in [2.05, 4.69) is 15.3 Å². The number of carbonyl (C=O) groups excluding carboxylic acids is 2. The summed E-state index contributed by atoms with van der Waals surface area (Å²) in [5, 5.41) is 11.7. The number of benzene rings is 1. The lowest BCUT2D eigenvalue weighted by molar-refractivity contribution is -0.153. The fraction of sp³-hybridized carbons (Fsp3) is 0.333. The molecule has 0 saturated carbocycles.